The second kappa shape index (κ2) is 20.4. The molecule has 0 amide bonds. The molecule has 0 aromatic carbocycles. The summed E-state index contributed by atoms with van der Waals surface area (Å²) in [7, 11) is 0. The van der Waals surface area contributed by atoms with Crippen LogP contribution in [0, 0.1) is 0 Å². The van der Waals surface area contributed by atoms with Crippen LogP contribution in [0.4, 0.5) is 13.2 Å². The van der Waals surface area contributed by atoms with Gasteiger partial charge >= 0.3 is 12.1 Å². The number of carbonyl (C=O) groups is 1. The zero-order chi connectivity index (χ0) is 21.6. The van der Waals surface area contributed by atoms with Crippen LogP contribution in [0.5, 0.6) is 0 Å². The third-order valence-corrected chi connectivity index (χ3v) is 3.95. The first-order valence-corrected chi connectivity index (χ1v) is 10.5. The zero-order valence-corrected chi connectivity index (χ0v) is 17.6. The van der Waals surface area contributed by atoms with Gasteiger partial charge in [-0.25, -0.2) is 4.79 Å². The van der Waals surface area contributed by atoms with Crippen molar-refractivity contribution in [1.29, 1.82) is 0 Å². The minimum atomic E-state index is -4.97. The van der Waals surface area contributed by atoms with Gasteiger partial charge in [0.2, 0.25) is 0 Å². The van der Waals surface area contributed by atoms with Gasteiger partial charge in [-0.05, 0) is 6.42 Å². The largest absolute Gasteiger partial charge is 0.490 e. The van der Waals surface area contributed by atoms with Crippen molar-refractivity contribution in [2.75, 3.05) is 59.5 Å². The molecular weight excluding hydrogens is 393 g/mol. The molecule has 0 atom stereocenters. The molecule has 6 nitrogen and oxygen atoms in total. The molecule has 0 N–H and O–H groups in total. The van der Waals surface area contributed by atoms with Gasteiger partial charge in [0.25, 0.3) is 0 Å². The van der Waals surface area contributed by atoms with Crippen molar-refractivity contribution < 1.29 is 41.7 Å². The first kappa shape index (κ1) is 28.1. The number of alkyl halides is 3. The number of carbonyl (C=O) groups excluding carboxylic acids is 1. The summed E-state index contributed by atoms with van der Waals surface area (Å²) in [6.07, 6.45) is 5.25. The molecule has 0 aromatic rings. The number of ether oxygens (including phenoxy) is 5. The lowest BCUT2D eigenvalue weighted by Gasteiger charge is -2.08. The maximum atomic E-state index is 11.8. The van der Waals surface area contributed by atoms with E-state index in [1.54, 1.807) is 0 Å². The van der Waals surface area contributed by atoms with Gasteiger partial charge in [-0.15, -0.1) is 0 Å². The Morgan fingerprint density at radius 1 is 0.586 bits per heavy atom. The molecule has 0 fully saturated rings. The SMILES string of the molecule is CCCCCCCCCCOCCOCCOCCOCCOC(=O)C(F)(F)F. The predicted molar refractivity (Wildman–Crippen MR) is 103 cm³/mol. The molecule has 0 aromatic heterocycles. The average Bonchev–Trinajstić information content (AvgIpc) is 2.68. The van der Waals surface area contributed by atoms with Crippen molar-refractivity contribution in [2.45, 2.75) is 64.5 Å². The molecular formula is C20H37F3O6. The standard InChI is InChI=1S/C20H37F3O6/c1-2-3-4-5-6-7-8-9-10-25-11-12-26-13-14-27-15-16-28-17-18-29-19(24)20(21,22)23/h2-18H2,1H3. The van der Waals surface area contributed by atoms with Crippen molar-refractivity contribution >= 4 is 5.97 Å². The molecule has 0 spiro atoms. The molecule has 0 bridgehead atoms. The first-order chi connectivity index (χ1) is 14.0. The molecule has 0 aliphatic heterocycles. The summed E-state index contributed by atoms with van der Waals surface area (Å²) in [6.45, 7) is 4.83. The van der Waals surface area contributed by atoms with Gasteiger partial charge in [-0.1, -0.05) is 51.9 Å². The summed E-state index contributed by atoms with van der Waals surface area (Å²) < 4.78 is 60.6. The van der Waals surface area contributed by atoms with Gasteiger partial charge in [0.1, 0.15) is 6.61 Å². The Labute approximate surface area is 172 Å². The quantitative estimate of drug-likeness (QED) is 0.200. The van der Waals surface area contributed by atoms with Crippen molar-refractivity contribution in [3.8, 4) is 0 Å². The molecule has 9 heteroatoms. The highest BCUT2D eigenvalue weighted by atomic mass is 19.4. The summed E-state index contributed by atoms with van der Waals surface area (Å²) in [5.74, 6) is -2.21. The van der Waals surface area contributed by atoms with Gasteiger partial charge in [-0.3, -0.25) is 0 Å². The monoisotopic (exact) mass is 430 g/mol. The van der Waals surface area contributed by atoms with Gasteiger partial charge in [0.05, 0.1) is 46.2 Å². The zero-order valence-electron chi connectivity index (χ0n) is 17.6. The van der Waals surface area contributed by atoms with E-state index in [1.807, 2.05) is 0 Å². The van der Waals surface area contributed by atoms with Crippen molar-refractivity contribution in [1.82, 2.24) is 0 Å². The van der Waals surface area contributed by atoms with Crippen molar-refractivity contribution in [2.24, 2.45) is 0 Å². The Hall–Kier alpha value is -0.900. The lowest BCUT2D eigenvalue weighted by molar-refractivity contribution is -0.200. The van der Waals surface area contributed by atoms with Crippen LogP contribution in [0.25, 0.3) is 0 Å². The van der Waals surface area contributed by atoms with E-state index in [2.05, 4.69) is 11.7 Å². The van der Waals surface area contributed by atoms with Crippen molar-refractivity contribution in [3.05, 3.63) is 0 Å². The fourth-order valence-electron chi connectivity index (χ4n) is 2.37. The molecule has 0 aliphatic rings. The fourth-order valence-corrected chi connectivity index (χ4v) is 2.37. The van der Waals surface area contributed by atoms with E-state index in [9.17, 15) is 18.0 Å². The number of halogens is 3. The lowest BCUT2D eigenvalue weighted by atomic mass is 10.1. The summed E-state index contributed by atoms with van der Waals surface area (Å²) in [6, 6.07) is 0. The van der Waals surface area contributed by atoms with Gasteiger partial charge in [0.15, 0.2) is 0 Å². The van der Waals surface area contributed by atoms with Crippen LogP contribution in [-0.2, 0) is 28.5 Å². The predicted octanol–water partition coefficient (Wildman–Crippen LogP) is 4.30. The maximum absolute atomic E-state index is 11.8. The topological polar surface area (TPSA) is 63.2 Å². The molecule has 0 rings (SSSR count). The minimum Gasteiger partial charge on any atom is -0.457 e. The van der Waals surface area contributed by atoms with E-state index in [1.165, 1.54) is 44.9 Å². The van der Waals surface area contributed by atoms with Crippen LogP contribution in [-0.4, -0.2) is 71.6 Å². The Balaban J connectivity index is 3.09. The van der Waals surface area contributed by atoms with E-state index in [0.29, 0.717) is 26.4 Å². The third kappa shape index (κ3) is 21.6. The fraction of sp³-hybridized carbons (Fsp3) is 0.950. The van der Waals surface area contributed by atoms with Crippen LogP contribution >= 0.6 is 0 Å². The molecule has 0 saturated heterocycles. The number of hydrogen-bond acceptors (Lipinski definition) is 6. The molecule has 0 heterocycles. The normalized spacial score (nSPS) is 11.7. The number of esters is 1. The number of unbranched alkanes of at least 4 members (excludes halogenated alkanes) is 7. The second-order valence-electron chi connectivity index (χ2n) is 6.56. The van der Waals surface area contributed by atoms with Crippen molar-refractivity contribution in [3.63, 3.8) is 0 Å². The summed E-state index contributed by atoms with van der Waals surface area (Å²) in [4.78, 5) is 10.4. The summed E-state index contributed by atoms with van der Waals surface area (Å²) >= 11 is 0. The van der Waals surface area contributed by atoms with Gasteiger partial charge in [0, 0.05) is 6.61 Å². The highest BCUT2D eigenvalue weighted by molar-refractivity contribution is 5.75. The molecule has 0 unspecified atom stereocenters. The molecule has 0 radical (unpaired) electrons. The number of hydrogen-bond donors (Lipinski definition) is 0. The Kier molecular flexibility index (Phi) is 19.7. The van der Waals surface area contributed by atoms with E-state index in [-0.39, 0.29) is 19.8 Å². The third-order valence-electron chi connectivity index (χ3n) is 3.95. The molecule has 0 saturated carbocycles. The van der Waals surface area contributed by atoms with E-state index in [0.717, 1.165) is 13.0 Å². The van der Waals surface area contributed by atoms with Crippen LogP contribution < -0.4 is 0 Å². The smallest absolute Gasteiger partial charge is 0.457 e. The molecule has 0 aliphatic carbocycles. The summed E-state index contributed by atoms with van der Waals surface area (Å²) in [5, 5.41) is 0. The van der Waals surface area contributed by atoms with E-state index < -0.39 is 18.8 Å². The highest BCUT2D eigenvalue weighted by Gasteiger charge is 2.40. The average molecular weight is 431 g/mol. The van der Waals surface area contributed by atoms with Gasteiger partial charge in [-0.2, -0.15) is 13.2 Å². The first-order valence-electron chi connectivity index (χ1n) is 10.5. The summed E-state index contributed by atoms with van der Waals surface area (Å²) in [5.41, 5.74) is 0. The Morgan fingerprint density at radius 3 is 1.41 bits per heavy atom. The van der Waals surface area contributed by atoms with Crippen LogP contribution in [0.2, 0.25) is 0 Å². The highest BCUT2D eigenvalue weighted by Crippen LogP contribution is 2.16. The Bertz CT molecular complexity index is 367. The van der Waals surface area contributed by atoms with E-state index in [4.69, 9.17) is 18.9 Å². The minimum absolute atomic E-state index is 0.113. The van der Waals surface area contributed by atoms with Crippen LogP contribution in [0.1, 0.15) is 58.3 Å². The number of rotatable bonds is 21. The van der Waals surface area contributed by atoms with Crippen LogP contribution in [0.15, 0.2) is 0 Å². The Morgan fingerprint density at radius 2 is 0.966 bits per heavy atom. The maximum Gasteiger partial charge on any atom is 0.490 e. The van der Waals surface area contributed by atoms with Gasteiger partial charge < -0.3 is 23.7 Å². The molecule has 29 heavy (non-hydrogen) atoms. The second-order valence-corrected chi connectivity index (χ2v) is 6.56. The van der Waals surface area contributed by atoms with Crippen LogP contribution in [0.3, 0.4) is 0 Å². The lowest BCUT2D eigenvalue weighted by Crippen LogP contribution is -2.26. The van der Waals surface area contributed by atoms with E-state index >= 15 is 0 Å². The molecule has 174 valence electrons.